The van der Waals surface area contributed by atoms with E-state index in [2.05, 4.69) is 18.7 Å². The van der Waals surface area contributed by atoms with Gasteiger partial charge in [-0.1, -0.05) is 20.3 Å². The molecule has 0 aliphatic carbocycles. The van der Waals surface area contributed by atoms with E-state index in [4.69, 9.17) is 9.47 Å². The molecule has 2 heterocycles. The molecule has 19 heavy (non-hydrogen) atoms. The molecule has 0 amide bonds. The molecule has 2 rings (SSSR count). The fourth-order valence-corrected chi connectivity index (χ4v) is 3.19. The highest BCUT2D eigenvalue weighted by Gasteiger charge is 2.39. The number of piperidine rings is 1. The third-order valence-electron chi connectivity index (χ3n) is 4.33. The number of aliphatic hydroxyl groups is 1. The molecule has 0 aromatic heterocycles. The summed E-state index contributed by atoms with van der Waals surface area (Å²) in [4.78, 5) is 2.35. The van der Waals surface area contributed by atoms with E-state index >= 15 is 0 Å². The minimum atomic E-state index is -0.319. The van der Waals surface area contributed by atoms with Crippen molar-refractivity contribution in [2.24, 2.45) is 0 Å². The fourth-order valence-electron chi connectivity index (χ4n) is 3.19. The molecule has 0 radical (unpaired) electrons. The molecule has 0 aromatic carbocycles. The van der Waals surface area contributed by atoms with Gasteiger partial charge in [0.2, 0.25) is 0 Å². The predicted octanol–water partition coefficient (Wildman–Crippen LogP) is 2.16. The summed E-state index contributed by atoms with van der Waals surface area (Å²) in [5.41, 5.74) is 0. The molecule has 3 unspecified atom stereocenters. The van der Waals surface area contributed by atoms with E-state index in [1.807, 2.05) is 0 Å². The van der Waals surface area contributed by atoms with E-state index in [9.17, 15) is 5.11 Å². The quantitative estimate of drug-likeness (QED) is 0.804. The normalized spacial score (nSPS) is 36.8. The smallest absolute Gasteiger partial charge is 0.168 e. The molecule has 0 saturated carbocycles. The van der Waals surface area contributed by atoms with Gasteiger partial charge in [0.1, 0.15) is 0 Å². The maximum Gasteiger partial charge on any atom is 0.168 e. The van der Waals surface area contributed by atoms with Gasteiger partial charge in [0, 0.05) is 19.5 Å². The summed E-state index contributed by atoms with van der Waals surface area (Å²) in [6.45, 7) is 7.98. The second-order valence-corrected chi connectivity index (χ2v) is 5.95. The molecular weight excluding hydrogens is 242 g/mol. The zero-order valence-electron chi connectivity index (χ0n) is 12.4. The van der Waals surface area contributed by atoms with Crippen LogP contribution in [-0.4, -0.2) is 54.2 Å². The number of nitrogens with zero attached hydrogens (tertiary/aromatic N) is 1. The average Bonchev–Trinajstić information content (AvgIpc) is 2.81. The standard InChI is InChI=1S/C15H29NO3/c1-3-8-15(4-2)18-12-14(19-15)7-10-16-9-5-6-13(17)11-16/h13-14,17H,3-12H2,1-2H3. The van der Waals surface area contributed by atoms with Crippen LogP contribution in [0.15, 0.2) is 0 Å². The molecule has 2 fully saturated rings. The Bertz CT molecular complexity index is 274. The molecule has 4 nitrogen and oxygen atoms in total. The van der Waals surface area contributed by atoms with Crippen LogP contribution < -0.4 is 0 Å². The van der Waals surface area contributed by atoms with Crippen molar-refractivity contribution in [1.82, 2.24) is 4.90 Å². The molecule has 0 bridgehead atoms. The van der Waals surface area contributed by atoms with Crippen molar-refractivity contribution in [1.29, 1.82) is 0 Å². The summed E-state index contributed by atoms with van der Waals surface area (Å²) in [6.07, 6.45) is 6.18. The van der Waals surface area contributed by atoms with Crippen LogP contribution in [0.3, 0.4) is 0 Å². The first-order valence-electron chi connectivity index (χ1n) is 7.89. The number of aliphatic hydroxyl groups excluding tert-OH is 1. The average molecular weight is 271 g/mol. The number of hydrogen-bond donors (Lipinski definition) is 1. The Labute approximate surface area is 117 Å². The summed E-state index contributed by atoms with van der Waals surface area (Å²) in [5, 5.41) is 9.67. The lowest BCUT2D eigenvalue weighted by atomic mass is 10.1. The van der Waals surface area contributed by atoms with Crippen LogP contribution in [-0.2, 0) is 9.47 Å². The maximum absolute atomic E-state index is 9.67. The van der Waals surface area contributed by atoms with E-state index in [-0.39, 0.29) is 18.0 Å². The monoisotopic (exact) mass is 271 g/mol. The molecule has 1 N–H and O–H groups in total. The van der Waals surface area contributed by atoms with Crippen molar-refractivity contribution in [2.45, 2.75) is 70.4 Å². The van der Waals surface area contributed by atoms with E-state index in [1.165, 1.54) is 0 Å². The Balaban J connectivity index is 1.72. The van der Waals surface area contributed by atoms with Crippen molar-refractivity contribution < 1.29 is 14.6 Å². The second kappa shape index (κ2) is 7.02. The van der Waals surface area contributed by atoms with E-state index in [1.54, 1.807) is 0 Å². The summed E-state index contributed by atoms with van der Waals surface area (Å²) in [7, 11) is 0. The van der Waals surface area contributed by atoms with E-state index in [0.717, 1.165) is 64.8 Å². The number of likely N-dealkylation sites (tertiary alicyclic amines) is 1. The third-order valence-corrected chi connectivity index (χ3v) is 4.33. The van der Waals surface area contributed by atoms with Crippen LogP contribution in [0.2, 0.25) is 0 Å². The number of rotatable bonds is 6. The molecule has 2 saturated heterocycles. The van der Waals surface area contributed by atoms with Crippen LogP contribution in [0.25, 0.3) is 0 Å². The zero-order chi connectivity index (χ0) is 13.7. The third kappa shape index (κ3) is 4.15. The Kier molecular flexibility index (Phi) is 5.63. The van der Waals surface area contributed by atoms with Gasteiger partial charge in [-0.15, -0.1) is 0 Å². The lowest BCUT2D eigenvalue weighted by molar-refractivity contribution is -0.175. The highest BCUT2D eigenvalue weighted by Crippen LogP contribution is 2.32. The largest absolute Gasteiger partial charge is 0.392 e. The maximum atomic E-state index is 9.67. The SMILES string of the molecule is CCCC1(CC)OCC(CCN2CCCC(O)C2)O1. The molecular formula is C15H29NO3. The lowest BCUT2D eigenvalue weighted by Gasteiger charge is -2.31. The first kappa shape index (κ1) is 15.2. The highest BCUT2D eigenvalue weighted by molar-refractivity contribution is 4.79. The van der Waals surface area contributed by atoms with Crippen LogP contribution in [0.5, 0.6) is 0 Å². The number of β-amino-alcohol motifs (C(OH)–C–C–N with tert-alkyl or cyclic N) is 1. The Morgan fingerprint density at radius 1 is 1.37 bits per heavy atom. The highest BCUT2D eigenvalue weighted by atomic mass is 16.7. The minimum absolute atomic E-state index is 0.135. The second-order valence-electron chi connectivity index (χ2n) is 5.95. The van der Waals surface area contributed by atoms with Crippen molar-refractivity contribution >= 4 is 0 Å². The van der Waals surface area contributed by atoms with Crippen molar-refractivity contribution in [3.8, 4) is 0 Å². The van der Waals surface area contributed by atoms with Gasteiger partial charge in [-0.2, -0.15) is 0 Å². The summed E-state index contributed by atoms with van der Waals surface area (Å²) < 4.78 is 12.1. The number of hydrogen-bond acceptors (Lipinski definition) is 4. The van der Waals surface area contributed by atoms with Gasteiger partial charge in [0.05, 0.1) is 18.8 Å². The Morgan fingerprint density at radius 3 is 2.89 bits per heavy atom. The first-order valence-corrected chi connectivity index (χ1v) is 7.89. The van der Waals surface area contributed by atoms with Crippen LogP contribution >= 0.6 is 0 Å². The lowest BCUT2D eigenvalue weighted by Crippen LogP contribution is -2.40. The fraction of sp³-hybridized carbons (Fsp3) is 1.00. The number of ether oxygens (including phenoxy) is 2. The summed E-state index contributed by atoms with van der Waals surface area (Å²) in [5.74, 6) is -0.319. The van der Waals surface area contributed by atoms with Crippen molar-refractivity contribution in [3.63, 3.8) is 0 Å². The van der Waals surface area contributed by atoms with Gasteiger partial charge >= 0.3 is 0 Å². The van der Waals surface area contributed by atoms with Gasteiger partial charge < -0.3 is 19.5 Å². The first-order chi connectivity index (χ1) is 9.17. The topological polar surface area (TPSA) is 41.9 Å². The molecule has 0 aromatic rings. The molecule has 2 aliphatic rings. The van der Waals surface area contributed by atoms with Crippen molar-refractivity contribution in [2.75, 3.05) is 26.2 Å². The van der Waals surface area contributed by atoms with Gasteiger partial charge in [0.25, 0.3) is 0 Å². The van der Waals surface area contributed by atoms with E-state index < -0.39 is 0 Å². The molecule has 3 atom stereocenters. The van der Waals surface area contributed by atoms with Crippen LogP contribution in [0, 0.1) is 0 Å². The van der Waals surface area contributed by atoms with E-state index in [0.29, 0.717) is 0 Å². The van der Waals surface area contributed by atoms with Crippen molar-refractivity contribution in [3.05, 3.63) is 0 Å². The zero-order valence-corrected chi connectivity index (χ0v) is 12.4. The molecule has 4 heteroatoms. The van der Waals surface area contributed by atoms with Gasteiger partial charge in [-0.3, -0.25) is 0 Å². The Morgan fingerprint density at radius 2 is 2.21 bits per heavy atom. The van der Waals surface area contributed by atoms with Gasteiger partial charge in [-0.05, 0) is 32.2 Å². The molecule has 0 spiro atoms. The summed E-state index contributed by atoms with van der Waals surface area (Å²) in [6, 6.07) is 0. The Hall–Kier alpha value is -0.160. The minimum Gasteiger partial charge on any atom is -0.392 e. The van der Waals surface area contributed by atoms with Gasteiger partial charge in [-0.25, -0.2) is 0 Å². The summed E-state index contributed by atoms with van der Waals surface area (Å²) >= 11 is 0. The molecule has 112 valence electrons. The van der Waals surface area contributed by atoms with Crippen LogP contribution in [0.1, 0.15) is 52.4 Å². The molecule has 2 aliphatic heterocycles. The van der Waals surface area contributed by atoms with Crippen LogP contribution in [0.4, 0.5) is 0 Å². The predicted molar refractivity (Wildman–Crippen MR) is 75.1 cm³/mol. The van der Waals surface area contributed by atoms with Gasteiger partial charge in [0.15, 0.2) is 5.79 Å².